The minimum atomic E-state index is -3.97. The van der Waals surface area contributed by atoms with E-state index in [0.29, 0.717) is 17.5 Å². The van der Waals surface area contributed by atoms with E-state index < -0.39 is 27.7 Å². The third-order valence-electron chi connectivity index (χ3n) is 5.00. The van der Waals surface area contributed by atoms with Crippen molar-refractivity contribution in [2.75, 3.05) is 6.54 Å². The molecular formula is C19H29N3O6S. The minimum absolute atomic E-state index is 0.00309. The van der Waals surface area contributed by atoms with E-state index in [1.54, 1.807) is 13.8 Å². The Hall–Kier alpha value is -2.33. The number of nitrogens with zero attached hydrogens (tertiary/aromatic N) is 1. The molecule has 9 nitrogen and oxygen atoms in total. The molecule has 0 radical (unpaired) electrons. The fourth-order valence-corrected chi connectivity index (χ4v) is 5.00. The number of nitrogens with one attached hydrogen (secondary N) is 1. The van der Waals surface area contributed by atoms with Crippen molar-refractivity contribution in [3.05, 3.63) is 22.3 Å². The van der Waals surface area contributed by atoms with Crippen LogP contribution in [-0.4, -0.2) is 48.8 Å². The van der Waals surface area contributed by atoms with Crippen LogP contribution < -0.4 is 15.2 Å². The van der Waals surface area contributed by atoms with Crippen molar-refractivity contribution in [3.8, 4) is 5.75 Å². The zero-order chi connectivity index (χ0) is 22.1. The predicted octanol–water partition coefficient (Wildman–Crippen LogP) is 1.14. The summed E-state index contributed by atoms with van der Waals surface area (Å²) in [5, 5.41) is 17.9. The summed E-state index contributed by atoms with van der Waals surface area (Å²) in [6.45, 7) is 9.32. The number of aliphatic carboxylic acids is 1. The highest BCUT2D eigenvalue weighted by Crippen LogP contribution is 2.43. The first kappa shape index (κ1) is 23.0. The van der Waals surface area contributed by atoms with Gasteiger partial charge in [-0.15, -0.1) is 0 Å². The van der Waals surface area contributed by atoms with E-state index in [-0.39, 0.29) is 30.2 Å². The van der Waals surface area contributed by atoms with Gasteiger partial charge < -0.3 is 20.7 Å². The molecule has 29 heavy (non-hydrogen) atoms. The van der Waals surface area contributed by atoms with Gasteiger partial charge in [0.05, 0.1) is 4.90 Å². The molecule has 0 amide bonds. The standard InChI is InChI=1S/C19H29N3O6S/c1-10-11(2)16(12(3)13-9-19(4,5)28-15(10)13)29(26,27)22-18(20)21-8-6-7-14(23)17(24)25/h14,23H,6-9H2,1-5H3,(H,24,25)(H3,20,21,22)/t14-/m0/s1. The summed E-state index contributed by atoms with van der Waals surface area (Å²) in [4.78, 5) is 14.7. The topological polar surface area (TPSA) is 151 Å². The Morgan fingerprint density at radius 3 is 2.48 bits per heavy atom. The van der Waals surface area contributed by atoms with Gasteiger partial charge in [-0.2, -0.15) is 0 Å². The van der Waals surface area contributed by atoms with Gasteiger partial charge in [0.2, 0.25) is 5.96 Å². The maximum atomic E-state index is 13.0. The van der Waals surface area contributed by atoms with E-state index in [1.807, 2.05) is 20.8 Å². The molecule has 1 aliphatic rings. The van der Waals surface area contributed by atoms with Crippen LogP contribution in [0, 0.1) is 20.8 Å². The summed E-state index contributed by atoms with van der Waals surface area (Å²) in [5.41, 5.74) is 8.18. The number of ether oxygens (including phenoxy) is 1. The molecule has 162 valence electrons. The monoisotopic (exact) mass is 427 g/mol. The largest absolute Gasteiger partial charge is 0.487 e. The molecule has 1 atom stereocenters. The molecule has 0 saturated heterocycles. The van der Waals surface area contributed by atoms with Gasteiger partial charge in [0.25, 0.3) is 10.0 Å². The van der Waals surface area contributed by atoms with Crippen LogP contribution in [0.3, 0.4) is 0 Å². The fourth-order valence-electron chi connectivity index (χ4n) is 3.48. The van der Waals surface area contributed by atoms with Gasteiger partial charge in [0.1, 0.15) is 11.4 Å². The highest BCUT2D eigenvalue weighted by Gasteiger charge is 2.36. The molecule has 1 aromatic carbocycles. The number of rotatable bonds is 7. The first-order chi connectivity index (χ1) is 13.3. The second-order valence-corrected chi connectivity index (χ2v) is 9.54. The molecule has 2 rings (SSSR count). The zero-order valence-corrected chi connectivity index (χ0v) is 18.2. The molecule has 0 unspecified atom stereocenters. The molecule has 1 aromatic rings. The Kier molecular flexibility index (Phi) is 6.48. The number of aliphatic imine (C=N–C) groups is 1. The highest BCUT2D eigenvalue weighted by molar-refractivity contribution is 7.90. The van der Waals surface area contributed by atoms with Gasteiger partial charge in [-0.05, 0) is 64.2 Å². The zero-order valence-electron chi connectivity index (χ0n) is 17.4. The van der Waals surface area contributed by atoms with Gasteiger partial charge in [0.15, 0.2) is 6.10 Å². The number of fused-ring (bicyclic) bond motifs is 1. The number of sulfonamides is 1. The second-order valence-electron chi connectivity index (χ2n) is 7.92. The van der Waals surface area contributed by atoms with Crippen molar-refractivity contribution in [1.29, 1.82) is 0 Å². The Morgan fingerprint density at radius 1 is 1.28 bits per heavy atom. The molecule has 1 heterocycles. The molecule has 0 aromatic heterocycles. The second kappa shape index (κ2) is 8.19. The van der Waals surface area contributed by atoms with Gasteiger partial charge in [-0.3, -0.25) is 4.99 Å². The summed E-state index contributed by atoms with van der Waals surface area (Å²) >= 11 is 0. The fraction of sp³-hybridized carbons (Fsp3) is 0.579. The third kappa shape index (κ3) is 4.99. The smallest absolute Gasteiger partial charge is 0.332 e. The number of guanidine groups is 1. The maximum absolute atomic E-state index is 13.0. The molecule has 0 bridgehead atoms. The van der Waals surface area contributed by atoms with Crippen LogP contribution in [0.2, 0.25) is 0 Å². The van der Waals surface area contributed by atoms with E-state index in [1.165, 1.54) is 0 Å². The van der Waals surface area contributed by atoms with Crippen LogP contribution in [0.15, 0.2) is 9.89 Å². The number of nitrogens with two attached hydrogens (primary N) is 1. The molecule has 1 aliphatic heterocycles. The maximum Gasteiger partial charge on any atom is 0.332 e. The molecule has 0 saturated carbocycles. The molecule has 0 spiro atoms. The Morgan fingerprint density at radius 2 is 1.90 bits per heavy atom. The molecule has 0 aliphatic carbocycles. The van der Waals surface area contributed by atoms with E-state index >= 15 is 0 Å². The Balaban J connectivity index is 2.23. The van der Waals surface area contributed by atoms with Gasteiger partial charge in [-0.25, -0.2) is 17.9 Å². The minimum Gasteiger partial charge on any atom is -0.487 e. The van der Waals surface area contributed by atoms with Crippen molar-refractivity contribution in [2.24, 2.45) is 10.7 Å². The van der Waals surface area contributed by atoms with Crippen LogP contribution in [0.4, 0.5) is 0 Å². The van der Waals surface area contributed by atoms with E-state index in [9.17, 15) is 18.3 Å². The number of hydrogen-bond donors (Lipinski definition) is 4. The first-order valence-electron chi connectivity index (χ1n) is 9.32. The van der Waals surface area contributed by atoms with E-state index in [0.717, 1.165) is 16.9 Å². The number of benzene rings is 1. The van der Waals surface area contributed by atoms with Crippen LogP contribution in [0.25, 0.3) is 0 Å². The first-order valence-corrected chi connectivity index (χ1v) is 10.8. The van der Waals surface area contributed by atoms with Gasteiger partial charge >= 0.3 is 5.97 Å². The SMILES string of the molecule is Cc1c(C)c(S(=O)(=O)NC(N)=NCCC[C@H](O)C(=O)O)c(C)c2c1OC(C)(C)C2. The van der Waals surface area contributed by atoms with Crippen LogP contribution >= 0.6 is 0 Å². The predicted molar refractivity (Wildman–Crippen MR) is 109 cm³/mol. The lowest BCUT2D eigenvalue weighted by atomic mass is 9.94. The molecule has 0 fully saturated rings. The number of carboxylic acids is 1. The normalized spacial score (nSPS) is 16.8. The van der Waals surface area contributed by atoms with Crippen LogP contribution in [-0.2, 0) is 21.2 Å². The average molecular weight is 428 g/mol. The molecule has 10 heteroatoms. The van der Waals surface area contributed by atoms with Gasteiger partial charge in [-0.1, -0.05) is 0 Å². The number of carboxylic acid groups (broad SMARTS) is 1. The summed E-state index contributed by atoms with van der Waals surface area (Å²) in [5.74, 6) is -0.862. The van der Waals surface area contributed by atoms with Crippen molar-refractivity contribution < 1.29 is 28.2 Å². The van der Waals surface area contributed by atoms with Crippen molar-refractivity contribution >= 4 is 22.0 Å². The molecular weight excluding hydrogens is 398 g/mol. The Bertz CT molecular complexity index is 953. The molecule has 5 N–H and O–H groups in total. The summed E-state index contributed by atoms with van der Waals surface area (Å²) in [6.07, 6.45) is -0.628. The van der Waals surface area contributed by atoms with E-state index in [4.69, 9.17) is 15.6 Å². The lowest BCUT2D eigenvalue weighted by molar-refractivity contribution is -0.146. The quantitative estimate of drug-likeness (QED) is 0.289. The lowest BCUT2D eigenvalue weighted by Crippen LogP contribution is -2.37. The number of carbonyl (C=O) groups is 1. The highest BCUT2D eigenvalue weighted by atomic mass is 32.2. The van der Waals surface area contributed by atoms with Crippen LogP contribution in [0.5, 0.6) is 5.75 Å². The van der Waals surface area contributed by atoms with Crippen molar-refractivity contribution in [1.82, 2.24) is 4.72 Å². The number of hydrogen-bond acceptors (Lipinski definition) is 6. The summed E-state index contributed by atoms with van der Waals surface area (Å²) in [6, 6.07) is 0. The Labute approximate surface area is 171 Å². The van der Waals surface area contributed by atoms with Crippen molar-refractivity contribution in [2.45, 2.75) is 70.5 Å². The lowest BCUT2D eigenvalue weighted by Gasteiger charge is -2.19. The third-order valence-corrected chi connectivity index (χ3v) is 6.63. The van der Waals surface area contributed by atoms with Crippen molar-refractivity contribution in [3.63, 3.8) is 0 Å². The average Bonchev–Trinajstić information content (AvgIpc) is 2.92. The summed E-state index contributed by atoms with van der Waals surface area (Å²) in [7, 11) is -3.97. The van der Waals surface area contributed by atoms with Crippen LogP contribution in [0.1, 0.15) is 48.9 Å². The number of aliphatic hydroxyl groups is 1. The number of aliphatic hydroxyl groups excluding tert-OH is 1. The van der Waals surface area contributed by atoms with Gasteiger partial charge in [0, 0.05) is 18.5 Å². The summed E-state index contributed by atoms with van der Waals surface area (Å²) < 4.78 is 34.3. The van der Waals surface area contributed by atoms with E-state index in [2.05, 4.69) is 9.71 Å².